The number of allylic oxidation sites excluding steroid dienone is 2. The Morgan fingerprint density at radius 3 is 2.62 bits per heavy atom. The van der Waals surface area contributed by atoms with Gasteiger partial charge in [0, 0.05) is 25.0 Å². The van der Waals surface area contributed by atoms with E-state index in [0.29, 0.717) is 10.8 Å². The fourth-order valence-corrected chi connectivity index (χ4v) is 4.71. The smallest absolute Gasteiger partial charge is 0.105 e. The van der Waals surface area contributed by atoms with Crippen molar-refractivity contribution in [2.45, 2.75) is 39.0 Å². The van der Waals surface area contributed by atoms with Crippen molar-refractivity contribution < 1.29 is 9.47 Å². The highest BCUT2D eigenvalue weighted by molar-refractivity contribution is 7.99. The van der Waals surface area contributed by atoms with Gasteiger partial charge in [-0.15, -0.1) is 11.8 Å². The first kappa shape index (κ1) is 18.2. The fraction of sp³-hybridized carbons (Fsp3) is 0.789. The van der Waals surface area contributed by atoms with Crippen LogP contribution in [0.4, 0.5) is 0 Å². The summed E-state index contributed by atoms with van der Waals surface area (Å²) in [6.07, 6.45) is 7.28. The predicted octanol–water partition coefficient (Wildman–Crippen LogP) is 3.32. The molecule has 0 aromatic heterocycles. The van der Waals surface area contributed by atoms with Crippen molar-refractivity contribution in [1.82, 2.24) is 9.80 Å². The Morgan fingerprint density at radius 2 is 2.00 bits per heavy atom. The Morgan fingerprint density at radius 1 is 1.25 bits per heavy atom. The molecule has 136 valence electrons. The highest BCUT2D eigenvalue weighted by Gasteiger charge is 2.33. The summed E-state index contributed by atoms with van der Waals surface area (Å²) in [4.78, 5) is 5.13. The zero-order chi connectivity index (χ0) is 17.0. The molecule has 3 rings (SSSR count). The topological polar surface area (TPSA) is 24.9 Å². The molecular formula is C19H32N2O2S. The van der Waals surface area contributed by atoms with Crippen LogP contribution in [0.3, 0.4) is 0 Å². The molecule has 5 heteroatoms. The minimum Gasteiger partial charge on any atom is -0.380 e. The van der Waals surface area contributed by atoms with Crippen molar-refractivity contribution >= 4 is 11.8 Å². The lowest BCUT2D eigenvalue weighted by Crippen LogP contribution is -2.46. The molecule has 24 heavy (non-hydrogen) atoms. The first-order valence-corrected chi connectivity index (χ1v) is 10.3. The molecule has 1 atom stereocenters. The third kappa shape index (κ3) is 4.30. The zero-order valence-corrected chi connectivity index (χ0v) is 16.2. The van der Waals surface area contributed by atoms with Gasteiger partial charge in [-0.25, -0.2) is 0 Å². The molecule has 0 amide bonds. The molecule has 0 radical (unpaired) electrons. The number of morpholine rings is 1. The van der Waals surface area contributed by atoms with Crippen LogP contribution in [0.1, 0.15) is 33.6 Å². The van der Waals surface area contributed by atoms with E-state index in [2.05, 4.69) is 42.7 Å². The molecule has 0 bridgehead atoms. The number of ether oxygens (including phenoxy) is 2. The van der Waals surface area contributed by atoms with Gasteiger partial charge in [-0.1, -0.05) is 13.8 Å². The fourth-order valence-electron chi connectivity index (χ4n) is 3.67. The Bertz CT molecular complexity index is 482. The second kappa shape index (κ2) is 8.15. The zero-order valence-electron chi connectivity index (χ0n) is 15.4. The normalized spacial score (nSPS) is 26.7. The molecule has 3 aliphatic heterocycles. The van der Waals surface area contributed by atoms with Crippen molar-refractivity contribution in [2.75, 3.05) is 51.8 Å². The van der Waals surface area contributed by atoms with Gasteiger partial charge < -0.3 is 19.3 Å². The van der Waals surface area contributed by atoms with E-state index in [-0.39, 0.29) is 0 Å². The molecule has 3 heterocycles. The maximum Gasteiger partial charge on any atom is 0.105 e. The van der Waals surface area contributed by atoms with E-state index < -0.39 is 0 Å². The first-order valence-electron chi connectivity index (χ1n) is 9.30. The maximum atomic E-state index is 5.55. The lowest BCUT2D eigenvalue weighted by Gasteiger charge is -2.44. The lowest BCUT2D eigenvalue weighted by molar-refractivity contribution is -0.107. The van der Waals surface area contributed by atoms with E-state index in [0.717, 1.165) is 51.8 Å². The van der Waals surface area contributed by atoms with Crippen LogP contribution in [-0.4, -0.2) is 67.0 Å². The van der Waals surface area contributed by atoms with E-state index >= 15 is 0 Å². The monoisotopic (exact) mass is 352 g/mol. The number of rotatable bonds is 7. The summed E-state index contributed by atoms with van der Waals surface area (Å²) in [7, 11) is 0. The number of nitrogens with zero attached hydrogens (tertiary/aromatic N) is 2. The van der Waals surface area contributed by atoms with Gasteiger partial charge in [0.2, 0.25) is 0 Å². The molecule has 0 spiro atoms. The van der Waals surface area contributed by atoms with E-state index in [4.69, 9.17) is 9.47 Å². The van der Waals surface area contributed by atoms with Crippen molar-refractivity contribution in [2.24, 2.45) is 5.41 Å². The van der Waals surface area contributed by atoms with Crippen LogP contribution in [0.25, 0.3) is 0 Å². The van der Waals surface area contributed by atoms with E-state index in [1.165, 1.54) is 24.2 Å². The average molecular weight is 353 g/mol. The average Bonchev–Trinajstić information content (AvgIpc) is 2.56. The van der Waals surface area contributed by atoms with Crippen molar-refractivity contribution in [1.29, 1.82) is 0 Å². The standard InChI is InChI=1S/C19H32N2O2S/c1-4-24-18-13-16(2)12-17(20-8-10-22-11-9-20)21(18)7-5-6-19(3)14-23-15-19/h12-13,18H,4-11,14-15H2,1-3H3. The number of thioether (sulfide) groups is 1. The summed E-state index contributed by atoms with van der Waals surface area (Å²) in [6, 6.07) is 0. The van der Waals surface area contributed by atoms with Gasteiger partial charge in [-0.05, 0) is 43.2 Å². The Labute approximate surface area is 151 Å². The molecule has 1 unspecified atom stereocenters. The Balaban J connectivity index is 1.67. The molecule has 3 aliphatic rings. The van der Waals surface area contributed by atoms with Crippen LogP contribution in [0.2, 0.25) is 0 Å². The lowest BCUT2D eigenvalue weighted by atomic mass is 9.83. The molecule has 2 saturated heterocycles. The van der Waals surface area contributed by atoms with Gasteiger partial charge in [-0.3, -0.25) is 0 Å². The third-order valence-electron chi connectivity index (χ3n) is 5.12. The molecule has 0 saturated carbocycles. The van der Waals surface area contributed by atoms with Crippen molar-refractivity contribution in [3.63, 3.8) is 0 Å². The van der Waals surface area contributed by atoms with Gasteiger partial charge in [0.15, 0.2) is 0 Å². The molecule has 4 nitrogen and oxygen atoms in total. The first-order chi connectivity index (χ1) is 11.6. The van der Waals surface area contributed by atoms with Crippen LogP contribution in [0.5, 0.6) is 0 Å². The van der Waals surface area contributed by atoms with E-state index in [1.807, 2.05) is 11.8 Å². The summed E-state index contributed by atoms with van der Waals surface area (Å²) in [5, 5.41) is 0.461. The predicted molar refractivity (Wildman–Crippen MR) is 101 cm³/mol. The third-order valence-corrected chi connectivity index (χ3v) is 6.18. The largest absolute Gasteiger partial charge is 0.380 e. The Kier molecular flexibility index (Phi) is 6.17. The van der Waals surface area contributed by atoms with Crippen LogP contribution in [0.15, 0.2) is 23.5 Å². The highest BCUT2D eigenvalue weighted by Crippen LogP contribution is 2.34. The SMILES string of the molecule is CCSC1C=C(C)C=C(N2CCOCC2)N1CCCC1(C)COC1. The summed E-state index contributed by atoms with van der Waals surface area (Å²) in [5.74, 6) is 2.55. The molecule has 0 aromatic carbocycles. The van der Waals surface area contributed by atoms with Crippen molar-refractivity contribution in [3.05, 3.63) is 23.5 Å². The molecular weight excluding hydrogens is 320 g/mol. The van der Waals surface area contributed by atoms with E-state index in [1.54, 1.807) is 0 Å². The quantitative estimate of drug-likeness (QED) is 0.700. The summed E-state index contributed by atoms with van der Waals surface area (Å²) in [6.45, 7) is 13.5. The summed E-state index contributed by atoms with van der Waals surface area (Å²) < 4.78 is 11.0. The van der Waals surface area contributed by atoms with Crippen molar-refractivity contribution in [3.8, 4) is 0 Å². The molecule has 0 N–H and O–H groups in total. The van der Waals surface area contributed by atoms with Crippen LogP contribution >= 0.6 is 11.8 Å². The number of hydrogen-bond donors (Lipinski definition) is 0. The van der Waals surface area contributed by atoms with Crippen LogP contribution < -0.4 is 0 Å². The van der Waals surface area contributed by atoms with Gasteiger partial charge in [0.25, 0.3) is 0 Å². The van der Waals surface area contributed by atoms with Crippen LogP contribution in [0, 0.1) is 5.41 Å². The summed E-state index contributed by atoms with van der Waals surface area (Å²) >= 11 is 2.04. The molecule has 2 fully saturated rings. The van der Waals surface area contributed by atoms with Gasteiger partial charge in [0.05, 0.1) is 31.8 Å². The Hall–Kier alpha value is -0.650. The second-order valence-electron chi connectivity index (χ2n) is 7.46. The van der Waals surface area contributed by atoms with Gasteiger partial charge >= 0.3 is 0 Å². The molecule has 0 aromatic rings. The molecule has 0 aliphatic carbocycles. The second-order valence-corrected chi connectivity index (χ2v) is 8.85. The van der Waals surface area contributed by atoms with E-state index in [9.17, 15) is 0 Å². The number of hydrogen-bond acceptors (Lipinski definition) is 5. The van der Waals surface area contributed by atoms with Gasteiger partial charge in [-0.2, -0.15) is 0 Å². The summed E-state index contributed by atoms with van der Waals surface area (Å²) in [5.41, 5.74) is 1.80. The van der Waals surface area contributed by atoms with Crippen LogP contribution in [-0.2, 0) is 9.47 Å². The minimum absolute atomic E-state index is 0.414. The van der Waals surface area contributed by atoms with Gasteiger partial charge in [0.1, 0.15) is 5.82 Å². The maximum absolute atomic E-state index is 5.55. The highest BCUT2D eigenvalue weighted by atomic mass is 32.2. The minimum atomic E-state index is 0.414.